The minimum atomic E-state index is -0.419. The molecule has 0 atom stereocenters. The van der Waals surface area contributed by atoms with E-state index in [1.165, 1.54) is 12.1 Å². The van der Waals surface area contributed by atoms with Crippen LogP contribution in [0.5, 0.6) is 0 Å². The van der Waals surface area contributed by atoms with E-state index in [0.29, 0.717) is 16.8 Å². The van der Waals surface area contributed by atoms with Gasteiger partial charge in [-0.15, -0.1) is 5.10 Å². The third-order valence-corrected chi connectivity index (χ3v) is 3.51. The van der Waals surface area contributed by atoms with E-state index < -0.39 is 5.91 Å². The van der Waals surface area contributed by atoms with Crippen LogP contribution in [-0.2, 0) is 0 Å². The molecule has 8 heteroatoms. The number of fused-ring (bicyclic) bond motifs is 1. The van der Waals surface area contributed by atoms with Crippen LogP contribution >= 0.6 is 0 Å². The first-order chi connectivity index (χ1) is 11.7. The highest BCUT2D eigenvalue weighted by atomic mass is 19.1. The average Bonchev–Trinajstić information content (AvgIpc) is 3.22. The van der Waals surface area contributed by atoms with Gasteiger partial charge in [-0.3, -0.25) is 20.3 Å². The number of aromatic amines is 2. The van der Waals surface area contributed by atoms with Crippen LogP contribution in [0, 0.1) is 5.82 Å². The van der Waals surface area contributed by atoms with Crippen molar-refractivity contribution < 1.29 is 9.18 Å². The molecule has 0 bridgehead atoms. The van der Waals surface area contributed by atoms with Crippen molar-refractivity contribution in [3.8, 4) is 11.4 Å². The molecule has 0 aliphatic heterocycles. The van der Waals surface area contributed by atoms with Crippen LogP contribution in [0.3, 0.4) is 0 Å². The van der Waals surface area contributed by atoms with Crippen molar-refractivity contribution in [2.45, 2.75) is 0 Å². The van der Waals surface area contributed by atoms with E-state index in [2.05, 4.69) is 30.7 Å². The Morgan fingerprint density at radius 3 is 2.62 bits per heavy atom. The van der Waals surface area contributed by atoms with Crippen molar-refractivity contribution in [1.82, 2.24) is 25.4 Å². The van der Waals surface area contributed by atoms with E-state index in [4.69, 9.17) is 0 Å². The third-order valence-electron chi connectivity index (χ3n) is 3.51. The van der Waals surface area contributed by atoms with Gasteiger partial charge in [0.25, 0.3) is 5.91 Å². The van der Waals surface area contributed by atoms with Crippen LogP contribution < -0.4 is 5.32 Å². The number of carbonyl (C=O) groups excluding carboxylic acids is 1. The van der Waals surface area contributed by atoms with Crippen LogP contribution in [0.2, 0.25) is 0 Å². The number of aromatic nitrogens is 5. The zero-order chi connectivity index (χ0) is 16.5. The molecule has 24 heavy (non-hydrogen) atoms. The summed E-state index contributed by atoms with van der Waals surface area (Å²) in [6, 6.07) is 13.1. The molecule has 118 valence electrons. The number of carbonyl (C=O) groups is 1. The molecule has 4 aromatic rings. The van der Waals surface area contributed by atoms with E-state index in [1.54, 1.807) is 18.2 Å². The van der Waals surface area contributed by atoms with Gasteiger partial charge in [0.15, 0.2) is 11.5 Å². The second-order valence-electron chi connectivity index (χ2n) is 5.09. The Balaban J connectivity index is 1.57. The minimum absolute atomic E-state index is 0.117. The quantitative estimate of drug-likeness (QED) is 0.540. The monoisotopic (exact) mass is 322 g/mol. The van der Waals surface area contributed by atoms with Gasteiger partial charge in [0.05, 0.1) is 5.52 Å². The fraction of sp³-hybridized carbons (Fsp3) is 0. The smallest absolute Gasteiger partial charge is 0.279 e. The normalized spacial score (nSPS) is 10.9. The summed E-state index contributed by atoms with van der Waals surface area (Å²) in [5.74, 6) is -0.210. The first kappa shape index (κ1) is 14.1. The fourth-order valence-electron chi connectivity index (χ4n) is 2.35. The molecule has 0 saturated carbocycles. The number of amides is 1. The van der Waals surface area contributed by atoms with Gasteiger partial charge in [-0.1, -0.05) is 18.2 Å². The maximum absolute atomic E-state index is 13.0. The Kier molecular flexibility index (Phi) is 3.27. The van der Waals surface area contributed by atoms with E-state index in [0.717, 1.165) is 5.52 Å². The number of nitrogens with zero attached hydrogens (tertiary/aromatic N) is 3. The van der Waals surface area contributed by atoms with Gasteiger partial charge >= 0.3 is 0 Å². The van der Waals surface area contributed by atoms with Gasteiger partial charge in [0, 0.05) is 10.9 Å². The number of para-hydroxylation sites is 1. The van der Waals surface area contributed by atoms with Crippen molar-refractivity contribution in [1.29, 1.82) is 0 Å². The number of benzene rings is 2. The highest BCUT2D eigenvalue weighted by Gasteiger charge is 2.16. The largest absolute Gasteiger partial charge is 0.288 e. The molecule has 2 aromatic carbocycles. The summed E-state index contributed by atoms with van der Waals surface area (Å²) in [6.45, 7) is 0. The summed E-state index contributed by atoms with van der Waals surface area (Å²) < 4.78 is 13.0. The SMILES string of the molecule is O=C(Nc1n[nH]c(-c2ccc(F)cc2)n1)c1n[nH]c2ccccc12. The number of nitrogens with one attached hydrogen (secondary N) is 3. The number of hydrogen-bond donors (Lipinski definition) is 3. The molecule has 0 fully saturated rings. The summed E-state index contributed by atoms with van der Waals surface area (Å²) in [6.07, 6.45) is 0. The molecular weight excluding hydrogens is 311 g/mol. The summed E-state index contributed by atoms with van der Waals surface area (Å²) >= 11 is 0. The van der Waals surface area contributed by atoms with Gasteiger partial charge < -0.3 is 0 Å². The van der Waals surface area contributed by atoms with E-state index >= 15 is 0 Å². The molecule has 0 saturated heterocycles. The van der Waals surface area contributed by atoms with Crippen LogP contribution in [-0.4, -0.2) is 31.3 Å². The Labute approximate surface area is 134 Å². The molecule has 1 amide bonds. The molecule has 0 aliphatic rings. The molecule has 0 aliphatic carbocycles. The summed E-state index contributed by atoms with van der Waals surface area (Å²) in [5.41, 5.74) is 1.69. The van der Waals surface area contributed by atoms with Crippen molar-refractivity contribution in [2.75, 3.05) is 5.32 Å². The van der Waals surface area contributed by atoms with Crippen LogP contribution in [0.4, 0.5) is 10.3 Å². The molecule has 2 heterocycles. The maximum Gasteiger partial charge on any atom is 0.279 e. The minimum Gasteiger partial charge on any atom is -0.288 e. The third kappa shape index (κ3) is 2.50. The molecular formula is C16H11FN6O. The van der Waals surface area contributed by atoms with Crippen molar-refractivity contribution in [2.24, 2.45) is 0 Å². The van der Waals surface area contributed by atoms with E-state index in [-0.39, 0.29) is 17.5 Å². The summed E-state index contributed by atoms with van der Waals surface area (Å²) in [7, 11) is 0. The average molecular weight is 322 g/mol. The number of anilines is 1. The highest BCUT2D eigenvalue weighted by Crippen LogP contribution is 2.18. The maximum atomic E-state index is 13.0. The van der Waals surface area contributed by atoms with Crippen molar-refractivity contribution in [3.05, 3.63) is 60.0 Å². The standard InChI is InChI=1S/C16H11FN6O/c17-10-7-5-9(6-8-10)14-18-16(23-22-14)19-15(24)13-11-3-1-2-4-12(11)20-21-13/h1-8H,(H,20,21)(H2,18,19,22,23,24). The lowest BCUT2D eigenvalue weighted by Crippen LogP contribution is -2.13. The molecule has 0 radical (unpaired) electrons. The van der Waals surface area contributed by atoms with E-state index in [1.807, 2.05) is 18.2 Å². The Morgan fingerprint density at radius 2 is 1.79 bits per heavy atom. The molecule has 0 unspecified atom stereocenters. The van der Waals surface area contributed by atoms with E-state index in [9.17, 15) is 9.18 Å². The molecule has 7 nitrogen and oxygen atoms in total. The topological polar surface area (TPSA) is 99.3 Å². The predicted molar refractivity (Wildman–Crippen MR) is 85.8 cm³/mol. The van der Waals surface area contributed by atoms with Crippen molar-refractivity contribution >= 4 is 22.8 Å². The van der Waals surface area contributed by atoms with Gasteiger partial charge in [-0.05, 0) is 30.3 Å². The van der Waals surface area contributed by atoms with Gasteiger partial charge in [-0.2, -0.15) is 10.1 Å². The van der Waals surface area contributed by atoms with Crippen LogP contribution in [0.1, 0.15) is 10.5 Å². The van der Waals surface area contributed by atoms with Gasteiger partial charge in [0.2, 0.25) is 5.95 Å². The number of H-pyrrole nitrogens is 2. The van der Waals surface area contributed by atoms with Crippen molar-refractivity contribution in [3.63, 3.8) is 0 Å². The Bertz CT molecular complexity index is 1020. The van der Waals surface area contributed by atoms with Crippen LogP contribution in [0.25, 0.3) is 22.3 Å². The zero-order valence-electron chi connectivity index (χ0n) is 12.2. The molecule has 0 spiro atoms. The predicted octanol–water partition coefficient (Wildman–Crippen LogP) is 2.74. The van der Waals surface area contributed by atoms with Gasteiger partial charge in [0.1, 0.15) is 5.82 Å². The summed E-state index contributed by atoms with van der Waals surface area (Å²) in [5, 5.41) is 16.8. The zero-order valence-corrected chi connectivity index (χ0v) is 12.2. The van der Waals surface area contributed by atoms with Crippen LogP contribution in [0.15, 0.2) is 48.5 Å². The Morgan fingerprint density at radius 1 is 1.00 bits per heavy atom. The lowest BCUT2D eigenvalue weighted by molar-refractivity contribution is 0.102. The second kappa shape index (κ2) is 5.58. The molecule has 3 N–H and O–H groups in total. The lowest BCUT2D eigenvalue weighted by atomic mass is 10.2. The molecule has 4 rings (SSSR count). The summed E-state index contributed by atoms with van der Waals surface area (Å²) in [4.78, 5) is 16.5. The number of hydrogen-bond acceptors (Lipinski definition) is 4. The lowest BCUT2D eigenvalue weighted by Gasteiger charge is -1.97. The highest BCUT2D eigenvalue weighted by molar-refractivity contribution is 6.10. The first-order valence-corrected chi connectivity index (χ1v) is 7.13. The Hall–Kier alpha value is -3.55. The molecule has 2 aromatic heterocycles. The fourth-order valence-corrected chi connectivity index (χ4v) is 2.35. The van der Waals surface area contributed by atoms with Gasteiger partial charge in [-0.25, -0.2) is 4.39 Å². The number of halogens is 1. The second-order valence-corrected chi connectivity index (χ2v) is 5.09. The first-order valence-electron chi connectivity index (χ1n) is 7.13. The number of rotatable bonds is 3.